The molecule has 1 heterocycles. The van der Waals surface area contributed by atoms with E-state index in [9.17, 15) is 0 Å². The average molecular weight is 177 g/mol. The van der Waals surface area contributed by atoms with E-state index in [1.165, 1.54) is 12.8 Å². The van der Waals surface area contributed by atoms with Crippen LogP contribution in [0.2, 0.25) is 0 Å². The Morgan fingerprint density at radius 3 is 3.00 bits per heavy atom. The Balaban J connectivity index is 1.92. The maximum absolute atomic E-state index is 5.49. The highest BCUT2D eigenvalue weighted by Gasteiger charge is 2.34. The number of hydrogen-bond donors (Lipinski definition) is 2. The van der Waals surface area contributed by atoms with Gasteiger partial charge in [0.15, 0.2) is 0 Å². The maximum atomic E-state index is 5.49. The molecule has 3 heteroatoms. The second kappa shape index (κ2) is 3.24. The molecule has 0 amide bonds. The number of hydrogen-bond acceptors (Lipinski definition) is 3. The van der Waals surface area contributed by atoms with Crippen LogP contribution in [0.1, 0.15) is 19.8 Å². The molecule has 0 saturated heterocycles. The van der Waals surface area contributed by atoms with Gasteiger partial charge in [-0.15, -0.1) is 0 Å². The van der Waals surface area contributed by atoms with Crippen LogP contribution in [0, 0.1) is 5.92 Å². The lowest BCUT2D eigenvalue weighted by Crippen LogP contribution is -2.04. The zero-order valence-corrected chi connectivity index (χ0v) is 7.83. The highest BCUT2D eigenvalue weighted by molar-refractivity contribution is 5.47. The molecule has 0 bridgehead atoms. The molecule has 3 N–H and O–H groups in total. The number of nitrogens with zero attached hydrogens (tertiary/aromatic N) is 1. The Morgan fingerprint density at radius 1 is 1.62 bits per heavy atom. The van der Waals surface area contributed by atoms with Crippen LogP contribution in [0.4, 0.5) is 11.5 Å². The fourth-order valence-electron chi connectivity index (χ4n) is 1.58. The maximum Gasteiger partial charge on any atom is 0.123 e. The van der Waals surface area contributed by atoms with Crippen molar-refractivity contribution in [1.29, 1.82) is 0 Å². The van der Waals surface area contributed by atoms with Crippen molar-refractivity contribution < 1.29 is 0 Å². The molecule has 1 aromatic heterocycles. The summed E-state index contributed by atoms with van der Waals surface area (Å²) in [6.45, 7) is 2.23. The normalized spacial score (nSPS) is 25.6. The van der Waals surface area contributed by atoms with Gasteiger partial charge in [0, 0.05) is 6.04 Å². The molecule has 0 aliphatic heterocycles. The first-order chi connectivity index (χ1) is 6.29. The van der Waals surface area contributed by atoms with E-state index in [1.54, 1.807) is 6.20 Å². The molecule has 2 rings (SSSR count). The molecule has 2 unspecified atom stereocenters. The van der Waals surface area contributed by atoms with Gasteiger partial charge in [-0.25, -0.2) is 4.98 Å². The molecule has 1 fully saturated rings. The summed E-state index contributed by atoms with van der Waals surface area (Å²) in [4.78, 5) is 4.03. The predicted molar refractivity (Wildman–Crippen MR) is 54.5 cm³/mol. The first kappa shape index (κ1) is 8.35. The SMILES string of the molecule is CCC1CC1Nc1ccc(N)nc1. The van der Waals surface area contributed by atoms with Crippen molar-refractivity contribution in [2.24, 2.45) is 5.92 Å². The van der Waals surface area contributed by atoms with Crippen molar-refractivity contribution in [2.45, 2.75) is 25.8 Å². The highest BCUT2D eigenvalue weighted by atomic mass is 15.0. The summed E-state index contributed by atoms with van der Waals surface area (Å²) in [5.74, 6) is 1.44. The number of pyridine rings is 1. The van der Waals surface area contributed by atoms with Gasteiger partial charge in [0.1, 0.15) is 5.82 Å². The predicted octanol–water partition coefficient (Wildman–Crippen LogP) is 1.87. The van der Waals surface area contributed by atoms with Crippen molar-refractivity contribution in [1.82, 2.24) is 4.98 Å². The van der Waals surface area contributed by atoms with Crippen LogP contribution in [0.25, 0.3) is 0 Å². The molecule has 0 aromatic carbocycles. The summed E-state index contributed by atoms with van der Waals surface area (Å²) in [7, 11) is 0. The molecule has 1 aromatic rings. The van der Waals surface area contributed by atoms with Gasteiger partial charge in [-0.05, 0) is 24.5 Å². The van der Waals surface area contributed by atoms with Crippen molar-refractivity contribution >= 4 is 11.5 Å². The zero-order valence-electron chi connectivity index (χ0n) is 7.83. The Kier molecular flexibility index (Phi) is 2.08. The molecule has 1 aliphatic rings. The number of aromatic nitrogens is 1. The minimum absolute atomic E-state index is 0.577. The van der Waals surface area contributed by atoms with Crippen LogP contribution in [0.5, 0.6) is 0 Å². The van der Waals surface area contributed by atoms with E-state index >= 15 is 0 Å². The fraction of sp³-hybridized carbons (Fsp3) is 0.500. The van der Waals surface area contributed by atoms with Gasteiger partial charge in [-0.1, -0.05) is 13.3 Å². The van der Waals surface area contributed by atoms with E-state index in [0.717, 1.165) is 11.6 Å². The summed E-state index contributed by atoms with van der Waals surface area (Å²) < 4.78 is 0. The Hall–Kier alpha value is -1.25. The zero-order chi connectivity index (χ0) is 9.26. The Labute approximate surface area is 78.4 Å². The lowest BCUT2D eigenvalue weighted by molar-refractivity contribution is 0.774. The minimum atomic E-state index is 0.577. The lowest BCUT2D eigenvalue weighted by atomic mass is 10.3. The second-order valence-corrected chi connectivity index (χ2v) is 3.63. The molecule has 0 spiro atoms. The molecule has 0 radical (unpaired) electrons. The smallest absolute Gasteiger partial charge is 0.123 e. The number of nitrogens with two attached hydrogens (primary N) is 1. The van der Waals surface area contributed by atoms with Crippen molar-refractivity contribution in [3.05, 3.63) is 18.3 Å². The van der Waals surface area contributed by atoms with Gasteiger partial charge in [0.25, 0.3) is 0 Å². The van der Waals surface area contributed by atoms with E-state index < -0.39 is 0 Å². The van der Waals surface area contributed by atoms with Gasteiger partial charge in [-0.2, -0.15) is 0 Å². The molecule has 2 atom stereocenters. The molecule has 1 saturated carbocycles. The third-order valence-corrected chi connectivity index (χ3v) is 2.59. The van der Waals surface area contributed by atoms with Crippen LogP contribution < -0.4 is 11.1 Å². The Morgan fingerprint density at radius 2 is 2.46 bits per heavy atom. The standard InChI is InChI=1S/C10H15N3/c1-2-7-5-9(7)13-8-3-4-10(11)12-6-8/h3-4,6-7,9,13H,2,5H2,1H3,(H2,11,12). The van der Waals surface area contributed by atoms with Crippen LogP contribution in [-0.4, -0.2) is 11.0 Å². The summed E-state index contributed by atoms with van der Waals surface area (Å²) in [5.41, 5.74) is 6.57. The molecule has 70 valence electrons. The van der Waals surface area contributed by atoms with E-state index in [0.29, 0.717) is 11.9 Å². The summed E-state index contributed by atoms with van der Waals surface area (Å²) in [6, 6.07) is 4.47. The molecular formula is C10H15N3. The summed E-state index contributed by atoms with van der Waals surface area (Å²) >= 11 is 0. The quantitative estimate of drug-likeness (QED) is 0.741. The van der Waals surface area contributed by atoms with Crippen molar-refractivity contribution in [2.75, 3.05) is 11.1 Å². The first-order valence-electron chi connectivity index (χ1n) is 4.77. The van der Waals surface area contributed by atoms with E-state index in [1.807, 2.05) is 12.1 Å². The molecular weight excluding hydrogens is 162 g/mol. The fourth-order valence-corrected chi connectivity index (χ4v) is 1.58. The number of nitrogen functional groups attached to an aromatic ring is 1. The van der Waals surface area contributed by atoms with Crippen LogP contribution >= 0.6 is 0 Å². The average Bonchev–Trinajstić information content (AvgIpc) is 2.88. The summed E-state index contributed by atoms with van der Waals surface area (Å²) in [5, 5.41) is 3.43. The molecule has 1 aliphatic carbocycles. The van der Waals surface area contributed by atoms with Gasteiger partial charge in [0.05, 0.1) is 11.9 Å². The van der Waals surface area contributed by atoms with E-state index in [4.69, 9.17) is 5.73 Å². The monoisotopic (exact) mass is 177 g/mol. The van der Waals surface area contributed by atoms with E-state index in [2.05, 4.69) is 17.2 Å². The topological polar surface area (TPSA) is 50.9 Å². The Bertz CT molecular complexity index is 281. The van der Waals surface area contributed by atoms with Crippen LogP contribution in [-0.2, 0) is 0 Å². The second-order valence-electron chi connectivity index (χ2n) is 3.63. The lowest BCUT2D eigenvalue weighted by Gasteiger charge is -2.04. The van der Waals surface area contributed by atoms with E-state index in [-0.39, 0.29) is 0 Å². The molecule has 3 nitrogen and oxygen atoms in total. The minimum Gasteiger partial charge on any atom is -0.384 e. The molecule has 13 heavy (non-hydrogen) atoms. The number of anilines is 2. The summed E-state index contributed by atoms with van der Waals surface area (Å²) in [6.07, 6.45) is 4.35. The van der Waals surface area contributed by atoms with Gasteiger partial charge in [-0.3, -0.25) is 0 Å². The van der Waals surface area contributed by atoms with Gasteiger partial charge < -0.3 is 11.1 Å². The largest absolute Gasteiger partial charge is 0.384 e. The third kappa shape index (κ3) is 1.91. The number of nitrogens with one attached hydrogen (secondary N) is 1. The number of rotatable bonds is 3. The third-order valence-electron chi connectivity index (χ3n) is 2.59. The van der Waals surface area contributed by atoms with Crippen LogP contribution in [0.3, 0.4) is 0 Å². The van der Waals surface area contributed by atoms with Gasteiger partial charge >= 0.3 is 0 Å². The van der Waals surface area contributed by atoms with Gasteiger partial charge in [0.2, 0.25) is 0 Å². The highest BCUT2D eigenvalue weighted by Crippen LogP contribution is 2.35. The van der Waals surface area contributed by atoms with Crippen LogP contribution in [0.15, 0.2) is 18.3 Å². The first-order valence-corrected chi connectivity index (χ1v) is 4.77. The van der Waals surface area contributed by atoms with Crippen molar-refractivity contribution in [3.63, 3.8) is 0 Å². The van der Waals surface area contributed by atoms with Crippen molar-refractivity contribution in [3.8, 4) is 0 Å².